The summed E-state index contributed by atoms with van der Waals surface area (Å²) in [5.74, 6) is -0.504. The highest BCUT2D eigenvalue weighted by atomic mass is 16.2. The molecular weight excluding hydrogens is 338 g/mol. The Kier molecular flexibility index (Phi) is 4.26. The topological polar surface area (TPSA) is 64.0 Å². The van der Waals surface area contributed by atoms with Crippen LogP contribution in [0.3, 0.4) is 0 Å². The molecule has 0 saturated carbocycles. The first-order valence-electron chi connectivity index (χ1n) is 8.57. The second-order valence-corrected chi connectivity index (χ2v) is 6.28. The molecule has 0 bridgehead atoms. The summed E-state index contributed by atoms with van der Waals surface area (Å²) in [4.78, 5) is 30.1. The molecule has 0 aliphatic carbocycles. The van der Waals surface area contributed by atoms with Crippen molar-refractivity contribution in [1.29, 1.82) is 0 Å². The van der Waals surface area contributed by atoms with Gasteiger partial charge in [-0.1, -0.05) is 35.9 Å². The number of pyridine rings is 1. The van der Waals surface area contributed by atoms with Crippen molar-refractivity contribution >= 4 is 28.5 Å². The summed E-state index contributed by atoms with van der Waals surface area (Å²) in [6, 6.07) is 20.1. The zero-order chi connectivity index (χ0) is 18.8. The second kappa shape index (κ2) is 6.88. The molecule has 0 aliphatic rings. The van der Waals surface area contributed by atoms with E-state index in [9.17, 15) is 9.59 Å². The molecule has 4 aromatic rings. The van der Waals surface area contributed by atoms with Gasteiger partial charge in [-0.25, -0.2) is 4.98 Å². The van der Waals surface area contributed by atoms with E-state index in [0.29, 0.717) is 27.8 Å². The number of para-hydroxylation sites is 1. The first kappa shape index (κ1) is 16.7. The van der Waals surface area contributed by atoms with Crippen molar-refractivity contribution in [3.63, 3.8) is 0 Å². The molecule has 1 N–H and O–H groups in total. The molecule has 5 heteroatoms. The predicted octanol–water partition coefficient (Wildman–Crippen LogP) is 4.29. The van der Waals surface area contributed by atoms with E-state index in [4.69, 9.17) is 0 Å². The van der Waals surface area contributed by atoms with E-state index in [1.54, 1.807) is 30.6 Å². The Morgan fingerprint density at radius 3 is 2.56 bits per heavy atom. The maximum absolute atomic E-state index is 13.0. The molecule has 0 saturated heterocycles. The lowest BCUT2D eigenvalue weighted by atomic mass is 10.1. The number of anilines is 1. The van der Waals surface area contributed by atoms with Crippen molar-refractivity contribution in [2.24, 2.45) is 0 Å². The molecular formula is C22H17N3O2. The third-order valence-corrected chi connectivity index (χ3v) is 4.32. The number of rotatable bonds is 3. The lowest BCUT2D eigenvalue weighted by Crippen LogP contribution is -2.13. The third-order valence-electron chi connectivity index (χ3n) is 4.32. The van der Waals surface area contributed by atoms with Crippen LogP contribution in [0.15, 0.2) is 79.1 Å². The van der Waals surface area contributed by atoms with Gasteiger partial charge in [-0.15, -0.1) is 0 Å². The normalized spacial score (nSPS) is 10.7. The minimum Gasteiger partial charge on any atom is -0.322 e. The molecule has 4 rings (SSSR count). The average Bonchev–Trinajstić information content (AvgIpc) is 3.08. The molecule has 1 amide bonds. The van der Waals surface area contributed by atoms with Crippen molar-refractivity contribution in [2.75, 3.05) is 5.32 Å². The number of benzene rings is 2. The zero-order valence-corrected chi connectivity index (χ0v) is 14.7. The van der Waals surface area contributed by atoms with Gasteiger partial charge >= 0.3 is 0 Å². The van der Waals surface area contributed by atoms with Gasteiger partial charge in [0, 0.05) is 29.0 Å². The Morgan fingerprint density at radius 2 is 1.78 bits per heavy atom. The smallest absolute Gasteiger partial charge is 0.263 e. The monoisotopic (exact) mass is 355 g/mol. The van der Waals surface area contributed by atoms with Crippen molar-refractivity contribution in [3.05, 3.63) is 95.8 Å². The van der Waals surface area contributed by atoms with Gasteiger partial charge < -0.3 is 5.32 Å². The van der Waals surface area contributed by atoms with Crippen LogP contribution < -0.4 is 5.32 Å². The maximum atomic E-state index is 13.0. The summed E-state index contributed by atoms with van der Waals surface area (Å²) in [6.07, 6.45) is 3.17. The van der Waals surface area contributed by atoms with Crippen LogP contribution in [0.4, 0.5) is 5.69 Å². The quantitative estimate of drug-likeness (QED) is 0.596. The average molecular weight is 355 g/mol. The Morgan fingerprint density at radius 1 is 0.963 bits per heavy atom. The van der Waals surface area contributed by atoms with Crippen LogP contribution in [-0.4, -0.2) is 21.4 Å². The molecule has 0 fully saturated rings. The maximum Gasteiger partial charge on any atom is 0.263 e. The first-order valence-corrected chi connectivity index (χ1v) is 8.57. The molecule has 5 nitrogen and oxygen atoms in total. The molecule has 2 heterocycles. The Balaban J connectivity index is 1.77. The number of carbonyl (C=O) groups is 2. The van der Waals surface area contributed by atoms with E-state index in [1.165, 1.54) is 4.57 Å². The van der Waals surface area contributed by atoms with Crippen molar-refractivity contribution in [3.8, 4) is 0 Å². The molecule has 0 aliphatic heterocycles. The van der Waals surface area contributed by atoms with Gasteiger partial charge in [0.25, 0.3) is 11.8 Å². The van der Waals surface area contributed by atoms with Crippen LogP contribution >= 0.6 is 0 Å². The summed E-state index contributed by atoms with van der Waals surface area (Å²) in [5.41, 5.74) is 3.10. The van der Waals surface area contributed by atoms with Gasteiger partial charge in [0.05, 0.1) is 5.56 Å². The van der Waals surface area contributed by atoms with E-state index in [1.807, 2.05) is 55.5 Å². The summed E-state index contributed by atoms with van der Waals surface area (Å²) in [6.45, 7) is 1.93. The fraction of sp³-hybridized carbons (Fsp3) is 0.0455. The van der Waals surface area contributed by atoms with Crippen LogP contribution in [0, 0.1) is 6.92 Å². The van der Waals surface area contributed by atoms with Gasteiger partial charge in [0.15, 0.2) is 0 Å². The van der Waals surface area contributed by atoms with Crippen LogP contribution in [0.2, 0.25) is 0 Å². The van der Waals surface area contributed by atoms with Gasteiger partial charge in [0.2, 0.25) is 0 Å². The van der Waals surface area contributed by atoms with Gasteiger partial charge in [-0.05, 0) is 43.3 Å². The number of aromatic nitrogens is 2. The number of fused-ring (bicyclic) bond motifs is 1. The highest BCUT2D eigenvalue weighted by Gasteiger charge is 2.20. The highest BCUT2D eigenvalue weighted by molar-refractivity contribution is 6.14. The summed E-state index contributed by atoms with van der Waals surface area (Å²) in [7, 11) is 0. The fourth-order valence-corrected chi connectivity index (χ4v) is 3.03. The number of carbonyl (C=O) groups excluding carboxylic acids is 2. The molecule has 0 spiro atoms. The Hall–Kier alpha value is -3.73. The van der Waals surface area contributed by atoms with Crippen molar-refractivity contribution in [1.82, 2.24) is 9.55 Å². The van der Waals surface area contributed by atoms with E-state index < -0.39 is 0 Å². The first-order chi connectivity index (χ1) is 13.1. The SMILES string of the molecule is Cc1cccc(C(=O)n2cc(C(=O)Nc3ccccc3)c3cccnc32)c1. The van der Waals surface area contributed by atoms with E-state index in [-0.39, 0.29) is 11.8 Å². The number of amides is 1. The summed E-state index contributed by atoms with van der Waals surface area (Å²) < 4.78 is 1.43. The van der Waals surface area contributed by atoms with Gasteiger partial charge in [0.1, 0.15) is 5.65 Å². The number of hydrogen-bond donors (Lipinski definition) is 1. The summed E-state index contributed by atoms with van der Waals surface area (Å²) >= 11 is 0. The number of nitrogens with zero attached hydrogens (tertiary/aromatic N) is 2. The van der Waals surface area contributed by atoms with Crippen LogP contribution in [-0.2, 0) is 0 Å². The third kappa shape index (κ3) is 3.22. The number of hydrogen-bond acceptors (Lipinski definition) is 3. The van der Waals surface area contributed by atoms with Crippen LogP contribution in [0.1, 0.15) is 26.3 Å². The fourth-order valence-electron chi connectivity index (χ4n) is 3.03. The largest absolute Gasteiger partial charge is 0.322 e. The zero-order valence-electron chi connectivity index (χ0n) is 14.7. The summed E-state index contributed by atoms with van der Waals surface area (Å²) in [5, 5.41) is 3.49. The second-order valence-electron chi connectivity index (χ2n) is 6.28. The van der Waals surface area contributed by atoms with E-state index in [0.717, 1.165) is 5.56 Å². The highest BCUT2D eigenvalue weighted by Crippen LogP contribution is 2.22. The molecule has 27 heavy (non-hydrogen) atoms. The van der Waals surface area contributed by atoms with Crippen molar-refractivity contribution in [2.45, 2.75) is 6.92 Å². The van der Waals surface area contributed by atoms with Crippen molar-refractivity contribution < 1.29 is 9.59 Å². The molecule has 0 unspecified atom stereocenters. The predicted molar refractivity (Wildman–Crippen MR) is 105 cm³/mol. The van der Waals surface area contributed by atoms with Crippen LogP contribution in [0.5, 0.6) is 0 Å². The van der Waals surface area contributed by atoms with E-state index in [2.05, 4.69) is 10.3 Å². The lowest BCUT2D eigenvalue weighted by molar-refractivity contribution is 0.0964. The Labute approximate surface area is 156 Å². The van der Waals surface area contributed by atoms with E-state index >= 15 is 0 Å². The molecule has 2 aromatic heterocycles. The lowest BCUT2D eigenvalue weighted by Gasteiger charge is -2.04. The Bertz CT molecular complexity index is 1150. The molecule has 2 aromatic carbocycles. The molecule has 0 radical (unpaired) electrons. The standard InChI is InChI=1S/C22H17N3O2/c1-15-7-5-8-16(13-15)22(27)25-14-19(18-11-6-12-23-20(18)25)21(26)24-17-9-3-2-4-10-17/h2-14H,1H3,(H,24,26). The number of nitrogens with one attached hydrogen (secondary N) is 1. The molecule has 132 valence electrons. The minimum absolute atomic E-state index is 0.221. The van der Waals surface area contributed by atoms with Crippen LogP contribution in [0.25, 0.3) is 11.0 Å². The molecule has 0 atom stereocenters. The number of aryl methyl sites for hydroxylation is 1. The van der Waals surface area contributed by atoms with Gasteiger partial charge in [-0.3, -0.25) is 14.2 Å². The minimum atomic E-state index is -0.282. The van der Waals surface area contributed by atoms with Gasteiger partial charge in [-0.2, -0.15) is 0 Å².